The molecule has 0 spiro atoms. The predicted molar refractivity (Wildman–Crippen MR) is 136 cm³/mol. The number of halogens is 1. The van der Waals surface area contributed by atoms with Crippen molar-refractivity contribution in [2.24, 2.45) is 0 Å². The molecule has 0 saturated carbocycles. The van der Waals surface area contributed by atoms with Crippen molar-refractivity contribution in [3.63, 3.8) is 0 Å². The minimum Gasteiger partial charge on any atom is -0.859 e. The molecule has 37 heavy (non-hydrogen) atoms. The molecule has 0 unspecified atom stereocenters. The fourth-order valence-corrected chi connectivity index (χ4v) is 5.53. The summed E-state index contributed by atoms with van der Waals surface area (Å²) < 4.78 is 14.7. The van der Waals surface area contributed by atoms with Crippen LogP contribution in [0.1, 0.15) is 34.5 Å². The van der Waals surface area contributed by atoms with E-state index in [9.17, 15) is 23.6 Å². The zero-order valence-electron chi connectivity index (χ0n) is 21.6. The van der Waals surface area contributed by atoms with Gasteiger partial charge in [-0.2, -0.15) is 5.10 Å². The first kappa shape index (κ1) is 29.2. The van der Waals surface area contributed by atoms with Gasteiger partial charge in [0.2, 0.25) is 5.91 Å². The van der Waals surface area contributed by atoms with Gasteiger partial charge >= 0.3 is 29.6 Å². The second kappa shape index (κ2) is 12.4. The van der Waals surface area contributed by atoms with E-state index in [-0.39, 0.29) is 46.6 Å². The van der Waals surface area contributed by atoms with Crippen LogP contribution in [0.4, 0.5) is 4.39 Å². The van der Waals surface area contributed by atoms with Gasteiger partial charge in [0.05, 0.1) is 16.6 Å². The summed E-state index contributed by atoms with van der Waals surface area (Å²) in [6.07, 6.45) is 1.26. The number of rotatable bonds is 7. The number of H-pyrrole nitrogens is 1. The topological polar surface area (TPSA) is 109 Å². The van der Waals surface area contributed by atoms with E-state index in [1.165, 1.54) is 12.1 Å². The fraction of sp³-hybridized carbons (Fsp3) is 0.385. The number of aromatic nitrogens is 2. The molecular formula is C26H30FN4NaO4Si. The summed E-state index contributed by atoms with van der Waals surface area (Å²) in [4.78, 5) is 52.8. The Balaban J connectivity index is 0.00000380. The van der Waals surface area contributed by atoms with Crippen LogP contribution in [0.3, 0.4) is 0 Å². The molecule has 0 atom stereocenters. The van der Waals surface area contributed by atoms with Crippen LogP contribution in [0.2, 0.25) is 19.1 Å². The first-order chi connectivity index (χ1) is 17.1. The van der Waals surface area contributed by atoms with Crippen molar-refractivity contribution in [1.82, 2.24) is 20.0 Å². The van der Waals surface area contributed by atoms with Crippen LogP contribution in [-0.4, -0.2) is 66.3 Å². The molecule has 4 rings (SSSR count). The summed E-state index contributed by atoms with van der Waals surface area (Å²) in [7, 11) is -2.42. The summed E-state index contributed by atoms with van der Waals surface area (Å²) >= 11 is 0. The molecule has 0 radical (unpaired) electrons. The maximum Gasteiger partial charge on any atom is 1.00 e. The summed E-state index contributed by atoms with van der Waals surface area (Å²) in [5.41, 5.74) is 1.02. The monoisotopic (exact) mass is 532 g/mol. The minimum absolute atomic E-state index is 0. The molecule has 0 bridgehead atoms. The molecule has 2 heterocycles. The molecule has 3 aromatic rings. The van der Waals surface area contributed by atoms with Crippen LogP contribution in [0, 0.1) is 5.82 Å². The Labute approximate surface area is 238 Å². The van der Waals surface area contributed by atoms with Gasteiger partial charge in [-0.1, -0.05) is 51.7 Å². The molecule has 1 aliphatic rings. The van der Waals surface area contributed by atoms with E-state index in [0.717, 1.165) is 0 Å². The van der Waals surface area contributed by atoms with E-state index >= 15 is 0 Å². The molecule has 1 aliphatic heterocycles. The number of amides is 2. The summed E-state index contributed by atoms with van der Waals surface area (Å²) in [5, 5.41) is 7.89. The molecular weight excluding hydrogens is 502 g/mol. The van der Waals surface area contributed by atoms with E-state index < -0.39 is 20.0 Å². The molecule has 2 amide bonds. The van der Waals surface area contributed by atoms with Crippen molar-refractivity contribution in [2.75, 3.05) is 26.2 Å². The molecule has 2 aromatic carbocycles. The smallest absolute Gasteiger partial charge is 0.859 e. The number of nitrogens with zero attached hydrogens (tertiary/aromatic N) is 3. The zero-order valence-corrected chi connectivity index (χ0v) is 24.6. The van der Waals surface area contributed by atoms with Crippen molar-refractivity contribution in [1.29, 1.82) is 0 Å². The van der Waals surface area contributed by atoms with Crippen LogP contribution < -0.4 is 39.9 Å². The molecule has 1 aromatic heterocycles. The van der Waals surface area contributed by atoms with Gasteiger partial charge in [-0.15, -0.1) is 0 Å². The van der Waals surface area contributed by atoms with E-state index in [1.54, 1.807) is 41.1 Å². The van der Waals surface area contributed by atoms with E-state index in [1.807, 2.05) is 12.1 Å². The predicted octanol–water partition coefficient (Wildman–Crippen LogP) is -0.713. The number of carbonyl (C=O) groups excluding carboxylic acids is 2. The third-order valence-electron chi connectivity index (χ3n) is 6.50. The van der Waals surface area contributed by atoms with Gasteiger partial charge in [0, 0.05) is 44.4 Å². The van der Waals surface area contributed by atoms with Gasteiger partial charge in [0.1, 0.15) is 5.82 Å². The number of hydrogen-bond donors (Lipinski definition) is 1. The Morgan fingerprint density at radius 3 is 2.38 bits per heavy atom. The average Bonchev–Trinajstić information content (AvgIpc) is 2.86. The first-order valence-corrected chi connectivity index (χ1v) is 15.3. The number of hydrogen-bond acceptors (Lipinski definition) is 5. The molecule has 190 valence electrons. The normalized spacial score (nSPS) is 13.9. The van der Waals surface area contributed by atoms with Crippen LogP contribution >= 0.6 is 0 Å². The maximum atomic E-state index is 14.7. The van der Waals surface area contributed by atoms with Crippen molar-refractivity contribution >= 4 is 30.9 Å². The van der Waals surface area contributed by atoms with Crippen molar-refractivity contribution in [2.45, 2.75) is 38.4 Å². The van der Waals surface area contributed by atoms with Crippen molar-refractivity contribution in [3.8, 4) is 0 Å². The summed E-state index contributed by atoms with van der Waals surface area (Å²) in [6, 6.07) is 12.1. The van der Waals surface area contributed by atoms with Gasteiger partial charge in [0.15, 0.2) is 0 Å². The fourth-order valence-electron chi connectivity index (χ4n) is 4.50. The zero-order chi connectivity index (χ0) is 25.9. The Morgan fingerprint density at radius 1 is 1.05 bits per heavy atom. The number of nitrogens with one attached hydrogen (secondary N) is 1. The number of benzene rings is 2. The summed E-state index contributed by atoms with van der Waals surface area (Å²) in [5.74, 6) is -1.03. The Morgan fingerprint density at radius 2 is 1.70 bits per heavy atom. The van der Waals surface area contributed by atoms with Gasteiger partial charge in [-0.25, -0.2) is 9.49 Å². The van der Waals surface area contributed by atoms with Crippen LogP contribution in [-0.2, 0) is 11.2 Å². The van der Waals surface area contributed by atoms with Gasteiger partial charge in [-0.3, -0.25) is 14.4 Å². The van der Waals surface area contributed by atoms with Crippen molar-refractivity contribution in [3.05, 3.63) is 75.5 Å². The molecule has 11 heteroatoms. The maximum absolute atomic E-state index is 14.7. The molecule has 1 fully saturated rings. The van der Waals surface area contributed by atoms with Gasteiger partial charge in [0.25, 0.3) is 11.5 Å². The molecule has 1 N–H and O–H groups in total. The third-order valence-corrected chi connectivity index (χ3v) is 8.05. The van der Waals surface area contributed by atoms with Crippen LogP contribution in [0.25, 0.3) is 10.8 Å². The van der Waals surface area contributed by atoms with E-state index in [2.05, 4.69) is 10.2 Å². The molecule has 0 aliphatic carbocycles. The Hall–Kier alpha value is -2.37. The number of fused-ring (bicyclic) bond motifs is 1. The minimum atomic E-state index is -2.42. The van der Waals surface area contributed by atoms with E-state index in [4.69, 9.17) is 0 Å². The SMILES string of the molecule is C[Si](C)([O-])CCCC(=O)N1CCN(C(=O)c2cc(Cc3n[nH]c(=O)c4ccccc34)ccc2F)CC1.[Na+]. The largest absolute Gasteiger partial charge is 1.00 e. The Bertz CT molecular complexity index is 1340. The number of aromatic amines is 1. The number of carbonyl (C=O) groups is 2. The average molecular weight is 533 g/mol. The standard InChI is InChI=1S/C26H30FN4O4Si.Na/c1-36(2,35)15-5-8-24(32)30-11-13-31(14-12-30)26(34)21-16-18(9-10-22(21)27)17-23-19-6-3-4-7-20(19)25(33)29-28-23;/h3-4,6-7,9-10,16H,5,8,11-15,17H2,1-2H3,(H,29,33);/q-1;+1. The third kappa shape index (κ3) is 7.35. The molecule has 1 saturated heterocycles. The van der Waals surface area contributed by atoms with E-state index in [0.29, 0.717) is 73.5 Å². The molecule has 8 nitrogen and oxygen atoms in total. The first-order valence-electron chi connectivity index (χ1n) is 12.1. The van der Waals surface area contributed by atoms with Gasteiger partial charge in [-0.05, 0) is 30.2 Å². The summed E-state index contributed by atoms with van der Waals surface area (Å²) in [6.45, 7) is 4.91. The second-order valence-corrected chi connectivity index (χ2v) is 13.8. The van der Waals surface area contributed by atoms with Gasteiger partial charge < -0.3 is 14.6 Å². The number of piperazine rings is 1. The Kier molecular flexibility index (Phi) is 9.82. The second-order valence-electron chi connectivity index (χ2n) is 9.82. The quantitative estimate of drug-likeness (QED) is 0.405. The van der Waals surface area contributed by atoms with Crippen LogP contribution in [0.15, 0.2) is 47.3 Å². The van der Waals surface area contributed by atoms with Crippen LogP contribution in [0.5, 0.6) is 0 Å². The van der Waals surface area contributed by atoms with Crippen molar-refractivity contribution < 1.29 is 48.3 Å².